The predicted molar refractivity (Wildman–Crippen MR) is 154 cm³/mol. The largest absolute Gasteiger partial charge is 0.268 e. The minimum Gasteiger partial charge on any atom is -0.268 e. The van der Waals surface area contributed by atoms with Gasteiger partial charge < -0.3 is 0 Å². The first kappa shape index (κ1) is 21.8. The Morgan fingerprint density at radius 3 is 1.05 bits per heavy atom. The molecule has 0 bridgehead atoms. The van der Waals surface area contributed by atoms with Gasteiger partial charge in [0.1, 0.15) is 0 Å². The molecule has 0 N–H and O–H groups in total. The number of imide groups is 2. The third-order valence-electron chi connectivity index (χ3n) is 7.86. The average molecular weight is 557 g/mol. The smallest absolute Gasteiger partial charge is 0.267 e. The number of carbonyl (C=O) groups is 4. The lowest BCUT2D eigenvalue weighted by Gasteiger charge is -2.28. The molecule has 0 spiro atoms. The minimum atomic E-state index is -0.411. The lowest BCUT2D eigenvalue weighted by atomic mass is 9.82. The summed E-state index contributed by atoms with van der Waals surface area (Å²) in [5.74, 6) is -1.65. The van der Waals surface area contributed by atoms with Crippen molar-refractivity contribution in [1.82, 2.24) is 9.97 Å². The van der Waals surface area contributed by atoms with Crippen molar-refractivity contribution in [2.75, 3.05) is 9.80 Å². The third kappa shape index (κ3) is 2.46. The fraction of sp³-hybridized carbons (Fsp3) is 0. The van der Waals surface area contributed by atoms with Crippen molar-refractivity contribution < 1.29 is 19.2 Å². The molecule has 4 amide bonds. The van der Waals surface area contributed by atoms with Crippen LogP contribution in [0.25, 0.3) is 43.1 Å². The van der Waals surface area contributed by atoms with E-state index < -0.39 is 23.6 Å². The monoisotopic (exact) mass is 556 g/mol. The van der Waals surface area contributed by atoms with Gasteiger partial charge in [-0.3, -0.25) is 19.2 Å². The highest BCUT2D eigenvalue weighted by Gasteiger charge is 2.38. The molecule has 2 aliphatic rings. The van der Waals surface area contributed by atoms with Crippen LogP contribution in [-0.4, -0.2) is 33.6 Å². The summed E-state index contributed by atoms with van der Waals surface area (Å²) in [5, 5.41) is 10.3. The first-order chi connectivity index (χ1) is 19.5. The van der Waals surface area contributed by atoms with E-state index in [2.05, 4.69) is 9.97 Å². The standard InChI is InChI=1S/C30H12N4O4S2/c35-25-17-5-1-13-14-2-6-19-24-20(28(38)34(27(19)37)30-32-10-12-40-30)8-4-16(22(14)24)15-3-7-18(23(17)21(13)15)26(36)33(25)29-31-9-11-39-29/h1-12H. The molecular formula is C30H12N4O4S2. The van der Waals surface area contributed by atoms with Crippen LogP contribution in [0.4, 0.5) is 10.3 Å². The van der Waals surface area contributed by atoms with E-state index in [4.69, 9.17) is 0 Å². The van der Waals surface area contributed by atoms with Crippen molar-refractivity contribution in [2.24, 2.45) is 0 Å². The van der Waals surface area contributed by atoms with Crippen molar-refractivity contribution in [3.63, 3.8) is 0 Å². The molecule has 5 aromatic carbocycles. The third-order valence-corrected chi connectivity index (χ3v) is 9.37. The normalized spacial score (nSPS) is 15.1. The molecular weight excluding hydrogens is 544 g/mol. The zero-order chi connectivity index (χ0) is 26.9. The van der Waals surface area contributed by atoms with Crippen LogP contribution in [0.3, 0.4) is 0 Å². The van der Waals surface area contributed by atoms with E-state index in [0.717, 1.165) is 42.1 Å². The number of fused-ring (bicyclic) bond motifs is 2. The molecule has 0 saturated carbocycles. The predicted octanol–water partition coefficient (Wildman–Crippen LogP) is 6.25. The lowest BCUT2D eigenvalue weighted by Crippen LogP contribution is -2.40. The van der Waals surface area contributed by atoms with Gasteiger partial charge in [0.25, 0.3) is 23.6 Å². The van der Waals surface area contributed by atoms with Gasteiger partial charge in [-0.25, -0.2) is 19.8 Å². The fourth-order valence-corrected chi connectivity index (χ4v) is 7.54. The molecule has 10 heteroatoms. The summed E-state index contributed by atoms with van der Waals surface area (Å²) in [4.78, 5) is 65.1. The number of nitrogens with zero attached hydrogens (tertiary/aromatic N) is 4. The van der Waals surface area contributed by atoms with E-state index >= 15 is 0 Å². The Morgan fingerprint density at radius 2 is 0.775 bits per heavy atom. The van der Waals surface area contributed by atoms with Crippen LogP contribution < -0.4 is 9.80 Å². The van der Waals surface area contributed by atoms with Gasteiger partial charge in [-0.1, -0.05) is 24.3 Å². The van der Waals surface area contributed by atoms with Gasteiger partial charge in [-0.2, -0.15) is 0 Å². The van der Waals surface area contributed by atoms with Gasteiger partial charge in [-0.15, -0.1) is 22.7 Å². The number of benzene rings is 5. The molecule has 0 radical (unpaired) electrons. The molecule has 4 heterocycles. The molecule has 0 unspecified atom stereocenters. The molecule has 0 aliphatic carbocycles. The van der Waals surface area contributed by atoms with Crippen molar-refractivity contribution in [3.8, 4) is 0 Å². The SMILES string of the molecule is O=C1c2ccc3c4ccc5c6c(ccc(c7ccc(c2c37)C(=O)N1c1nccs1)c64)C(=O)N(c1nccs1)C5=O. The van der Waals surface area contributed by atoms with Crippen LogP contribution in [0.1, 0.15) is 41.4 Å². The number of amides is 4. The number of aromatic nitrogens is 2. The molecule has 40 heavy (non-hydrogen) atoms. The second-order valence-electron chi connectivity index (χ2n) is 9.66. The van der Waals surface area contributed by atoms with Crippen molar-refractivity contribution in [3.05, 3.63) is 93.9 Å². The highest BCUT2D eigenvalue weighted by molar-refractivity contribution is 7.14. The Balaban J connectivity index is 1.38. The Kier molecular flexibility index (Phi) is 3.99. The summed E-state index contributed by atoms with van der Waals surface area (Å²) < 4.78 is 0. The molecule has 0 saturated heterocycles. The van der Waals surface area contributed by atoms with Gasteiger partial charge in [0.2, 0.25) is 0 Å². The average Bonchev–Trinajstić information content (AvgIpc) is 3.69. The molecule has 0 fully saturated rings. The van der Waals surface area contributed by atoms with Crippen LogP contribution in [0, 0.1) is 0 Å². The summed E-state index contributed by atoms with van der Waals surface area (Å²) in [6, 6.07) is 14.6. The molecule has 2 aromatic heterocycles. The van der Waals surface area contributed by atoms with Gasteiger partial charge in [0, 0.05) is 56.2 Å². The maximum absolute atomic E-state index is 13.6. The number of rotatable bonds is 2. The maximum Gasteiger partial charge on any atom is 0.267 e. The van der Waals surface area contributed by atoms with Crippen molar-refractivity contribution >= 4 is 99.7 Å². The van der Waals surface area contributed by atoms with Gasteiger partial charge in [-0.05, 0) is 56.6 Å². The highest BCUT2D eigenvalue weighted by atomic mass is 32.1. The van der Waals surface area contributed by atoms with E-state index in [1.807, 2.05) is 24.3 Å². The van der Waals surface area contributed by atoms with Gasteiger partial charge in [0.05, 0.1) is 0 Å². The first-order valence-electron chi connectivity index (χ1n) is 12.3. The van der Waals surface area contributed by atoms with E-state index in [1.165, 1.54) is 22.7 Å². The highest BCUT2D eigenvalue weighted by Crippen LogP contribution is 2.47. The maximum atomic E-state index is 13.6. The number of carbonyl (C=O) groups excluding carboxylic acids is 4. The number of hydrogen-bond acceptors (Lipinski definition) is 8. The topological polar surface area (TPSA) is 101 Å². The van der Waals surface area contributed by atoms with Gasteiger partial charge >= 0.3 is 0 Å². The van der Waals surface area contributed by atoms with Crippen LogP contribution in [0.5, 0.6) is 0 Å². The summed E-state index contributed by atoms with van der Waals surface area (Å²) in [7, 11) is 0. The van der Waals surface area contributed by atoms with Crippen molar-refractivity contribution in [2.45, 2.75) is 0 Å². The fourth-order valence-electron chi connectivity index (χ4n) is 6.27. The zero-order valence-electron chi connectivity index (χ0n) is 20.2. The Bertz CT molecular complexity index is 2030. The van der Waals surface area contributed by atoms with Crippen LogP contribution in [0.2, 0.25) is 0 Å². The summed E-state index contributed by atoms with van der Waals surface area (Å²) in [5.41, 5.74) is 1.74. The number of thiazole rings is 2. The molecule has 7 aromatic rings. The summed E-state index contributed by atoms with van der Waals surface area (Å²) >= 11 is 2.46. The van der Waals surface area contributed by atoms with E-state index in [9.17, 15) is 19.2 Å². The number of anilines is 2. The van der Waals surface area contributed by atoms with Crippen LogP contribution >= 0.6 is 22.7 Å². The first-order valence-corrected chi connectivity index (χ1v) is 14.1. The van der Waals surface area contributed by atoms with E-state index in [1.54, 1.807) is 47.4 Å². The quantitative estimate of drug-likeness (QED) is 0.142. The van der Waals surface area contributed by atoms with Crippen molar-refractivity contribution in [1.29, 1.82) is 0 Å². The Labute approximate surface area is 232 Å². The number of hydrogen-bond donors (Lipinski definition) is 0. The molecule has 9 rings (SSSR count). The second kappa shape index (κ2) is 7.32. The van der Waals surface area contributed by atoms with Gasteiger partial charge in [0.15, 0.2) is 10.3 Å². The van der Waals surface area contributed by atoms with E-state index in [0.29, 0.717) is 43.3 Å². The molecule has 188 valence electrons. The molecule has 2 aliphatic heterocycles. The summed E-state index contributed by atoms with van der Waals surface area (Å²) in [6.07, 6.45) is 3.13. The lowest BCUT2D eigenvalue weighted by molar-refractivity contribution is 0.0877. The Morgan fingerprint density at radius 1 is 0.450 bits per heavy atom. The Hall–Kier alpha value is -5.06. The molecule has 8 nitrogen and oxygen atoms in total. The minimum absolute atomic E-state index is 0.333. The molecule has 0 atom stereocenters. The van der Waals surface area contributed by atoms with Crippen LogP contribution in [-0.2, 0) is 0 Å². The second-order valence-corrected chi connectivity index (χ2v) is 11.4. The summed E-state index contributed by atoms with van der Waals surface area (Å²) in [6.45, 7) is 0. The van der Waals surface area contributed by atoms with E-state index in [-0.39, 0.29) is 0 Å². The zero-order valence-corrected chi connectivity index (χ0v) is 21.8. The van der Waals surface area contributed by atoms with Crippen LogP contribution in [0.15, 0.2) is 71.7 Å².